The number of rotatable bonds is 3. The van der Waals surface area contributed by atoms with E-state index in [4.69, 9.17) is 13.6 Å². The molecule has 6 heteroatoms. The lowest BCUT2D eigenvalue weighted by Gasteiger charge is -2.19. The second kappa shape index (κ2) is 8.40. The zero-order valence-electron chi connectivity index (χ0n) is 19.5. The number of fused-ring (bicyclic) bond motifs is 2. The van der Waals surface area contributed by atoms with Gasteiger partial charge in [0.15, 0.2) is 5.76 Å². The van der Waals surface area contributed by atoms with E-state index in [1.54, 1.807) is 48.5 Å². The summed E-state index contributed by atoms with van der Waals surface area (Å²) in [4.78, 5) is 38.9. The number of ether oxygens (including phenoxy) is 1. The van der Waals surface area contributed by atoms with Gasteiger partial charge in [0, 0.05) is 10.9 Å². The highest BCUT2D eigenvalue weighted by atomic mass is 16.5. The number of carbonyl (C=O) groups excluding carboxylic acids is 1. The summed E-state index contributed by atoms with van der Waals surface area (Å²) < 4.78 is 16.8. The molecule has 0 amide bonds. The molecule has 2 heterocycles. The molecule has 0 aliphatic carbocycles. The fraction of sp³-hybridized carbons (Fsp3) is 0.138. The van der Waals surface area contributed by atoms with Crippen molar-refractivity contribution in [3.8, 4) is 17.1 Å². The zero-order valence-corrected chi connectivity index (χ0v) is 19.5. The van der Waals surface area contributed by atoms with E-state index in [9.17, 15) is 14.4 Å². The van der Waals surface area contributed by atoms with Crippen molar-refractivity contribution < 1.29 is 18.4 Å². The third-order valence-corrected chi connectivity index (χ3v) is 5.83. The Labute approximate surface area is 200 Å². The summed E-state index contributed by atoms with van der Waals surface area (Å²) in [5.41, 5.74) is 0.616. The van der Waals surface area contributed by atoms with Crippen molar-refractivity contribution in [2.45, 2.75) is 26.2 Å². The van der Waals surface area contributed by atoms with Gasteiger partial charge in [-0.1, -0.05) is 75.4 Å². The number of para-hydroxylation sites is 2. The van der Waals surface area contributed by atoms with Gasteiger partial charge in [-0.15, -0.1) is 0 Å². The van der Waals surface area contributed by atoms with Gasteiger partial charge in [0.05, 0.1) is 5.39 Å². The second-order valence-corrected chi connectivity index (χ2v) is 9.29. The first-order valence-electron chi connectivity index (χ1n) is 11.1. The van der Waals surface area contributed by atoms with Crippen LogP contribution >= 0.6 is 0 Å². The van der Waals surface area contributed by atoms with Crippen LogP contribution in [0.5, 0.6) is 5.75 Å². The van der Waals surface area contributed by atoms with E-state index in [0.29, 0.717) is 22.1 Å². The van der Waals surface area contributed by atoms with Crippen LogP contribution in [0.2, 0.25) is 0 Å². The zero-order chi connectivity index (χ0) is 24.7. The Hall–Kier alpha value is -4.45. The highest BCUT2D eigenvalue weighted by Gasteiger charge is 2.24. The molecule has 35 heavy (non-hydrogen) atoms. The predicted molar refractivity (Wildman–Crippen MR) is 134 cm³/mol. The van der Waals surface area contributed by atoms with Crippen LogP contribution in [0.4, 0.5) is 0 Å². The van der Waals surface area contributed by atoms with E-state index < -0.39 is 17.0 Å². The monoisotopic (exact) mass is 466 g/mol. The van der Waals surface area contributed by atoms with Crippen LogP contribution in [-0.2, 0) is 5.41 Å². The Bertz CT molecular complexity index is 1700. The largest absolute Gasteiger partial charge is 0.452 e. The number of hydrogen-bond acceptors (Lipinski definition) is 6. The minimum Gasteiger partial charge on any atom is -0.452 e. The van der Waals surface area contributed by atoms with Crippen molar-refractivity contribution in [3.63, 3.8) is 0 Å². The highest BCUT2D eigenvalue weighted by Crippen LogP contribution is 2.33. The fourth-order valence-electron chi connectivity index (χ4n) is 3.88. The number of esters is 1. The lowest BCUT2D eigenvalue weighted by molar-refractivity contribution is 0.0727. The summed E-state index contributed by atoms with van der Waals surface area (Å²) in [7, 11) is 0. The maximum Gasteiger partial charge on any atom is 0.351 e. The third-order valence-electron chi connectivity index (χ3n) is 5.83. The smallest absolute Gasteiger partial charge is 0.351 e. The molecule has 5 rings (SSSR count). The molecule has 0 aliphatic rings. The van der Waals surface area contributed by atoms with Crippen LogP contribution in [0.3, 0.4) is 0 Å². The number of carbonyl (C=O) groups is 1. The average Bonchev–Trinajstić information content (AvgIpc) is 2.84. The average molecular weight is 466 g/mol. The topological polar surface area (TPSA) is 86.7 Å². The summed E-state index contributed by atoms with van der Waals surface area (Å²) in [6, 6.07) is 22.4. The van der Waals surface area contributed by atoms with Crippen LogP contribution in [0, 0.1) is 0 Å². The molecule has 0 unspecified atom stereocenters. The minimum absolute atomic E-state index is 0.0673. The highest BCUT2D eigenvalue weighted by molar-refractivity contribution is 5.95. The lowest BCUT2D eigenvalue weighted by atomic mass is 9.86. The first-order valence-corrected chi connectivity index (χ1v) is 11.1. The first kappa shape index (κ1) is 22.3. The molecular weight excluding hydrogens is 444 g/mol. The fourth-order valence-corrected chi connectivity index (χ4v) is 3.88. The van der Waals surface area contributed by atoms with Gasteiger partial charge < -0.3 is 13.6 Å². The predicted octanol–water partition coefficient (Wildman–Crippen LogP) is 6.08. The van der Waals surface area contributed by atoms with Crippen molar-refractivity contribution in [2.24, 2.45) is 0 Å². The summed E-state index contributed by atoms with van der Waals surface area (Å²) in [5, 5.41) is 0.818. The van der Waals surface area contributed by atoms with Gasteiger partial charge in [0.1, 0.15) is 16.7 Å². The van der Waals surface area contributed by atoms with Gasteiger partial charge in [0.2, 0.25) is 11.2 Å². The molecule has 0 bridgehead atoms. The molecule has 0 saturated carbocycles. The van der Waals surface area contributed by atoms with Gasteiger partial charge in [0.25, 0.3) is 0 Å². The molecule has 0 spiro atoms. The SMILES string of the molecule is CC(C)(C)c1ccc(-c2oc3ccccc3c(=O)c2OC(=O)c2cc3ccccc3oc2=O)cc1. The summed E-state index contributed by atoms with van der Waals surface area (Å²) >= 11 is 0. The Balaban J connectivity index is 1.65. The Morgan fingerprint density at radius 2 is 1.46 bits per heavy atom. The van der Waals surface area contributed by atoms with Gasteiger partial charge in [-0.05, 0) is 35.2 Å². The number of benzene rings is 3. The van der Waals surface area contributed by atoms with Crippen LogP contribution in [0.1, 0.15) is 36.7 Å². The standard InChI is InChI=1S/C29H22O6/c1-29(2,3)19-14-12-17(13-15-19)25-26(24(30)20-9-5-7-11-23(20)33-25)35-28(32)21-16-18-8-4-6-10-22(18)34-27(21)31/h4-16H,1-3H3. The molecule has 3 aromatic carbocycles. The lowest BCUT2D eigenvalue weighted by Crippen LogP contribution is -2.22. The molecule has 5 aromatic rings. The summed E-state index contributed by atoms with van der Waals surface area (Å²) in [6.45, 7) is 6.29. The summed E-state index contributed by atoms with van der Waals surface area (Å²) in [6.07, 6.45) is 0. The van der Waals surface area contributed by atoms with Crippen molar-refractivity contribution in [3.05, 3.63) is 111 Å². The van der Waals surface area contributed by atoms with Crippen molar-refractivity contribution >= 4 is 27.9 Å². The van der Waals surface area contributed by atoms with E-state index in [1.165, 1.54) is 6.07 Å². The Morgan fingerprint density at radius 3 is 2.17 bits per heavy atom. The van der Waals surface area contributed by atoms with E-state index >= 15 is 0 Å². The molecule has 0 atom stereocenters. The van der Waals surface area contributed by atoms with Crippen LogP contribution in [-0.4, -0.2) is 5.97 Å². The molecule has 174 valence electrons. The maximum absolute atomic E-state index is 13.4. The molecule has 0 saturated heterocycles. The van der Waals surface area contributed by atoms with E-state index in [-0.39, 0.29) is 27.9 Å². The molecule has 2 aromatic heterocycles. The van der Waals surface area contributed by atoms with Crippen LogP contribution in [0.15, 0.2) is 97.3 Å². The van der Waals surface area contributed by atoms with Crippen molar-refractivity contribution in [1.82, 2.24) is 0 Å². The maximum atomic E-state index is 13.4. The summed E-state index contributed by atoms with van der Waals surface area (Å²) in [5.74, 6) is -1.18. The molecule has 0 fully saturated rings. The van der Waals surface area contributed by atoms with Crippen molar-refractivity contribution in [2.75, 3.05) is 0 Å². The van der Waals surface area contributed by atoms with E-state index in [0.717, 1.165) is 5.56 Å². The second-order valence-electron chi connectivity index (χ2n) is 9.29. The third kappa shape index (κ3) is 4.15. The van der Waals surface area contributed by atoms with Crippen LogP contribution < -0.4 is 15.8 Å². The molecule has 0 aliphatic heterocycles. The quantitative estimate of drug-likeness (QED) is 0.236. The Morgan fingerprint density at radius 1 is 0.800 bits per heavy atom. The normalized spacial score (nSPS) is 11.6. The van der Waals surface area contributed by atoms with Gasteiger partial charge >= 0.3 is 11.6 Å². The molecule has 0 N–H and O–H groups in total. The van der Waals surface area contributed by atoms with E-state index in [1.807, 2.05) is 24.3 Å². The minimum atomic E-state index is -1.00. The molecular formula is C29H22O6. The first-order chi connectivity index (χ1) is 16.7. The van der Waals surface area contributed by atoms with Crippen molar-refractivity contribution in [1.29, 1.82) is 0 Å². The van der Waals surface area contributed by atoms with Gasteiger partial charge in [-0.2, -0.15) is 0 Å². The number of hydrogen-bond donors (Lipinski definition) is 0. The Kier molecular flexibility index (Phi) is 5.36. The van der Waals surface area contributed by atoms with Gasteiger partial charge in [-0.25, -0.2) is 9.59 Å². The van der Waals surface area contributed by atoms with Gasteiger partial charge in [-0.3, -0.25) is 4.79 Å². The van der Waals surface area contributed by atoms with E-state index in [2.05, 4.69) is 20.8 Å². The van der Waals surface area contributed by atoms with Crippen LogP contribution in [0.25, 0.3) is 33.3 Å². The molecule has 0 radical (unpaired) electrons. The molecule has 6 nitrogen and oxygen atoms in total.